The molecule has 4 aliphatic rings. The number of amides is 4. The van der Waals surface area contributed by atoms with Crippen LogP contribution >= 0.6 is 0 Å². The van der Waals surface area contributed by atoms with E-state index in [2.05, 4.69) is 20.6 Å². The Morgan fingerprint density at radius 2 is 1.00 bits per heavy atom. The van der Waals surface area contributed by atoms with Crippen LogP contribution in [-0.2, 0) is 28.5 Å². The highest BCUT2D eigenvalue weighted by atomic mass is 16.5. The number of hydrogen-bond donors (Lipinski definition) is 4. The molecular weight excluding hydrogens is 720 g/mol. The summed E-state index contributed by atoms with van der Waals surface area (Å²) in [5, 5.41) is 5.31. The lowest BCUT2D eigenvalue weighted by Crippen LogP contribution is -2.54. The van der Waals surface area contributed by atoms with E-state index in [9.17, 15) is 19.2 Å². The second-order valence-corrected chi connectivity index (χ2v) is 16.2. The van der Waals surface area contributed by atoms with Crippen molar-refractivity contribution in [2.24, 2.45) is 11.8 Å². The van der Waals surface area contributed by atoms with Crippen molar-refractivity contribution < 1.29 is 38.1 Å². The number of methoxy groups -OCH3 is 4. The molecule has 4 N–H and O–H groups in total. The minimum atomic E-state index is -0.854. The third-order valence-electron chi connectivity index (χ3n) is 13.2. The zero-order valence-electron chi connectivity index (χ0n) is 33.9. The first kappa shape index (κ1) is 41.5. The quantitative estimate of drug-likeness (QED) is 0.209. The smallest absolute Gasteiger partial charge is 0.407 e. The number of aromatic nitrogens is 4. The lowest BCUT2D eigenvalue weighted by molar-refractivity contribution is -0.138. The monoisotopic (exact) mass is 782 g/mol. The van der Waals surface area contributed by atoms with Crippen LogP contribution in [0.5, 0.6) is 0 Å². The average molecular weight is 783 g/mol. The highest BCUT2D eigenvalue weighted by Gasteiger charge is 2.41. The molecule has 2 aliphatic heterocycles. The minimum Gasteiger partial charge on any atom is -0.453 e. The zero-order chi connectivity index (χ0) is 39.9. The van der Waals surface area contributed by atoms with E-state index in [1.54, 1.807) is 13.8 Å². The van der Waals surface area contributed by atoms with E-state index in [4.69, 9.17) is 28.9 Å². The van der Waals surface area contributed by atoms with E-state index in [0.717, 1.165) is 86.2 Å². The maximum absolute atomic E-state index is 13.6. The standard InChI is InChI=1S/C40H62N8O8/c1-23(53-3)33(45-39(51)55-5)37(49)47-19-7-9-31(47)35-41-21-29(43-35)27-15-11-25(12-16-27)26-13-17-28(18-14-26)30-22-42-36(44-30)32-10-8-20-48(32)38(50)34(24(2)54-4)46-40(52)56-6/h21-28,31-34H,7-20H2,1-6H3,(H,41,43)(H,42,44)(H,45,51)(H,46,52)/t23-,24-,25?,26?,27?,28?,31+,32+,33+,34+/m1/s1. The van der Waals surface area contributed by atoms with Gasteiger partial charge in [-0.15, -0.1) is 0 Å². The number of alkyl carbamates (subject to hydrolysis) is 2. The van der Waals surface area contributed by atoms with Crippen LogP contribution in [0.3, 0.4) is 0 Å². The highest BCUT2D eigenvalue weighted by molar-refractivity contribution is 5.87. The van der Waals surface area contributed by atoms with Crippen LogP contribution < -0.4 is 10.6 Å². The first-order valence-electron chi connectivity index (χ1n) is 20.5. The van der Waals surface area contributed by atoms with Gasteiger partial charge in [-0.05, 0) is 103 Å². The summed E-state index contributed by atoms with van der Waals surface area (Å²) in [5.74, 6) is 3.51. The number of nitrogens with zero attached hydrogens (tertiary/aromatic N) is 4. The highest BCUT2D eigenvalue weighted by Crippen LogP contribution is 2.46. The third kappa shape index (κ3) is 9.17. The molecule has 16 nitrogen and oxygen atoms in total. The van der Waals surface area contributed by atoms with Crippen molar-refractivity contribution >= 4 is 24.0 Å². The fourth-order valence-electron chi connectivity index (χ4n) is 9.65. The molecule has 4 fully saturated rings. The van der Waals surface area contributed by atoms with Crippen LogP contribution in [-0.4, -0.2) is 120 Å². The molecule has 16 heteroatoms. The first-order valence-corrected chi connectivity index (χ1v) is 20.5. The van der Waals surface area contributed by atoms with Gasteiger partial charge >= 0.3 is 12.2 Å². The average Bonchev–Trinajstić information content (AvgIpc) is 4.08. The van der Waals surface area contributed by atoms with E-state index in [-0.39, 0.29) is 23.9 Å². The van der Waals surface area contributed by atoms with E-state index in [1.807, 2.05) is 22.2 Å². The molecule has 2 saturated heterocycles. The predicted octanol–water partition coefficient (Wildman–Crippen LogP) is 5.23. The van der Waals surface area contributed by atoms with Crippen molar-refractivity contribution in [2.45, 2.75) is 139 Å². The molecule has 0 spiro atoms. The van der Waals surface area contributed by atoms with Crippen LogP contribution in [0.2, 0.25) is 0 Å². The normalized spacial score (nSPS) is 27.6. The van der Waals surface area contributed by atoms with Gasteiger partial charge in [0.05, 0.1) is 38.5 Å². The molecule has 4 heterocycles. The van der Waals surface area contributed by atoms with Crippen molar-refractivity contribution in [1.29, 1.82) is 0 Å². The number of nitrogens with one attached hydrogen (secondary N) is 4. The maximum atomic E-state index is 13.6. The van der Waals surface area contributed by atoms with Crippen LogP contribution in [0.15, 0.2) is 12.4 Å². The number of H-pyrrole nitrogens is 2. The molecule has 0 radical (unpaired) electrons. The van der Waals surface area contributed by atoms with Gasteiger partial charge in [-0.1, -0.05) is 0 Å². The predicted molar refractivity (Wildman–Crippen MR) is 206 cm³/mol. The summed E-state index contributed by atoms with van der Waals surface area (Å²) >= 11 is 0. The molecular formula is C40H62N8O8. The van der Waals surface area contributed by atoms with E-state index < -0.39 is 36.5 Å². The Labute approximate surface area is 329 Å². The van der Waals surface area contributed by atoms with Crippen molar-refractivity contribution in [3.05, 3.63) is 35.4 Å². The van der Waals surface area contributed by atoms with Crippen LogP contribution in [0.4, 0.5) is 9.59 Å². The van der Waals surface area contributed by atoms with Gasteiger partial charge in [0.15, 0.2) is 0 Å². The summed E-state index contributed by atoms with van der Waals surface area (Å²) in [7, 11) is 5.60. The van der Waals surface area contributed by atoms with Crippen LogP contribution in [0, 0.1) is 11.8 Å². The van der Waals surface area contributed by atoms with Crippen LogP contribution in [0.1, 0.15) is 138 Å². The topological polar surface area (TPSA) is 193 Å². The number of carbonyl (C=O) groups is 4. The molecule has 4 amide bonds. The number of imidazole rings is 2. The number of likely N-dealkylation sites (tertiary alicyclic amines) is 2. The van der Waals surface area contributed by atoms with Crippen molar-refractivity contribution in [3.63, 3.8) is 0 Å². The second-order valence-electron chi connectivity index (χ2n) is 16.2. The van der Waals surface area contributed by atoms with Gasteiger partial charge in [-0.2, -0.15) is 0 Å². The third-order valence-corrected chi connectivity index (χ3v) is 13.2. The SMILES string of the molecule is COC(=O)N[C@H](C(=O)N1CCC[C@H]1c1ncc(C2CCC(C3CCC(c4cnc([C@@H]5CCCN5C(=O)[C@@H](NC(=O)OC)[C@@H](C)OC)[nH]4)CC3)CC2)[nH]1)[C@@H](C)OC. The summed E-state index contributed by atoms with van der Waals surface area (Å²) in [4.78, 5) is 71.7. The second kappa shape index (κ2) is 18.8. The minimum absolute atomic E-state index is 0.174. The molecule has 6 atom stereocenters. The fourth-order valence-corrected chi connectivity index (χ4v) is 9.65. The number of ether oxygens (including phenoxy) is 4. The Hall–Kier alpha value is -4.18. The molecule has 0 aromatic carbocycles. The van der Waals surface area contributed by atoms with E-state index >= 15 is 0 Å². The molecule has 6 rings (SSSR count). The summed E-state index contributed by atoms with van der Waals surface area (Å²) in [6.07, 6.45) is 14.2. The van der Waals surface area contributed by atoms with Gasteiger partial charge in [-0.3, -0.25) is 9.59 Å². The number of carbonyl (C=O) groups excluding carboxylic acids is 4. The lowest BCUT2D eigenvalue weighted by Gasteiger charge is -2.37. The Balaban J connectivity index is 0.991. The van der Waals surface area contributed by atoms with E-state index in [0.29, 0.717) is 24.9 Å². The number of rotatable bonds is 13. The molecule has 56 heavy (non-hydrogen) atoms. The molecule has 2 aromatic heterocycles. The zero-order valence-corrected chi connectivity index (χ0v) is 33.9. The van der Waals surface area contributed by atoms with Gasteiger partial charge in [0.1, 0.15) is 23.7 Å². The molecule has 2 aliphatic carbocycles. The number of hydrogen-bond acceptors (Lipinski definition) is 10. The van der Waals surface area contributed by atoms with Gasteiger partial charge in [0.2, 0.25) is 11.8 Å². The van der Waals surface area contributed by atoms with Gasteiger partial charge < -0.3 is 49.3 Å². The molecule has 0 bridgehead atoms. The Bertz CT molecular complexity index is 1510. The molecule has 2 aromatic rings. The first-order chi connectivity index (χ1) is 27.1. The van der Waals surface area contributed by atoms with E-state index in [1.165, 1.54) is 54.1 Å². The largest absolute Gasteiger partial charge is 0.453 e. The van der Waals surface area contributed by atoms with Crippen LogP contribution in [0.25, 0.3) is 0 Å². The van der Waals surface area contributed by atoms with Crippen molar-refractivity contribution in [1.82, 2.24) is 40.4 Å². The summed E-state index contributed by atoms with van der Waals surface area (Å²) in [6, 6.07) is -2.06. The molecule has 0 unspecified atom stereocenters. The lowest BCUT2D eigenvalue weighted by atomic mass is 9.68. The Morgan fingerprint density at radius 3 is 1.34 bits per heavy atom. The van der Waals surface area contributed by atoms with Gasteiger partial charge in [0.25, 0.3) is 0 Å². The Morgan fingerprint density at radius 1 is 0.625 bits per heavy atom. The maximum Gasteiger partial charge on any atom is 0.407 e. The Kier molecular flexibility index (Phi) is 13.9. The van der Waals surface area contributed by atoms with Crippen molar-refractivity contribution in [2.75, 3.05) is 41.5 Å². The number of aromatic amines is 2. The molecule has 310 valence electrons. The van der Waals surface area contributed by atoms with Gasteiger partial charge in [0, 0.05) is 62.9 Å². The fraction of sp³-hybridized carbons (Fsp3) is 0.750. The summed E-state index contributed by atoms with van der Waals surface area (Å²) in [5.41, 5.74) is 2.30. The van der Waals surface area contributed by atoms with Gasteiger partial charge in [-0.25, -0.2) is 19.6 Å². The van der Waals surface area contributed by atoms with Crippen molar-refractivity contribution in [3.8, 4) is 0 Å². The summed E-state index contributed by atoms with van der Waals surface area (Å²) < 4.78 is 20.4. The summed E-state index contributed by atoms with van der Waals surface area (Å²) in [6.45, 7) is 4.71. The molecule has 2 saturated carbocycles.